The second-order valence-corrected chi connectivity index (χ2v) is 9.12. The van der Waals surface area contributed by atoms with Crippen LogP contribution in [0, 0.1) is 6.92 Å². The molecule has 33 heavy (non-hydrogen) atoms. The molecule has 1 aromatic carbocycles. The van der Waals surface area contributed by atoms with Crippen molar-refractivity contribution in [2.45, 2.75) is 37.3 Å². The number of fused-ring (bicyclic) bond motifs is 1. The summed E-state index contributed by atoms with van der Waals surface area (Å²) in [5.41, 5.74) is 9.94. The van der Waals surface area contributed by atoms with Crippen LogP contribution in [0.3, 0.4) is 0 Å². The van der Waals surface area contributed by atoms with Crippen molar-refractivity contribution < 1.29 is 13.2 Å². The molecule has 172 valence electrons. The average Bonchev–Trinajstić information content (AvgIpc) is 3.37. The summed E-state index contributed by atoms with van der Waals surface area (Å²) in [4.78, 5) is 13.5. The van der Waals surface area contributed by atoms with Crippen LogP contribution in [0.5, 0.6) is 0 Å². The van der Waals surface area contributed by atoms with Gasteiger partial charge < -0.3 is 20.4 Å². The van der Waals surface area contributed by atoms with E-state index in [9.17, 15) is 8.42 Å². The standard InChI is InChI=1S/C22H25N7O3S/c1-13-25-21-16(10-19(23)27-22(21)29(13)20-5-3-4-8-32-20)26-15-7-6-14(9-18(15)33(30)31)17-11-24-12-28(17)2/h6-7,9-12,20,33H,3-5,8H2,1-2H3,(H3,23,26,27). The molecule has 1 aliphatic heterocycles. The molecular weight excluding hydrogens is 442 g/mol. The molecule has 0 aliphatic carbocycles. The van der Waals surface area contributed by atoms with Gasteiger partial charge in [-0.25, -0.2) is 23.4 Å². The van der Waals surface area contributed by atoms with Gasteiger partial charge in [0.15, 0.2) is 16.4 Å². The topological polar surface area (TPSA) is 130 Å². The number of aryl methyl sites for hydroxylation is 2. The van der Waals surface area contributed by atoms with E-state index in [-0.39, 0.29) is 11.1 Å². The lowest BCUT2D eigenvalue weighted by molar-refractivity contribution is -0.0308. The first-order chi connectivity index (χ1) is 15.9. The molecule has 11 heteroatoms. The number of anilines is 3. The Morgan fingerprint density at radius 1 is 1.18 bits per heavy atom. The molecule has 1 atom stereocenters. The second kappa shape index (κ2) is 8.49. The maximum absolute atomic E-state index is 12.1. The summed E-state index contributed by atoms with van der Waals surface area (Å²) in [7, 11) is -1.00. The Kier molecular flexibility index (Phi) is 5.51. The minimum atomic E-state index is -2.86. The van der Waals surface area contributed by atoms with Crippen molar-refractivity contribution in [3.8, 4) is 11.3 Å². The third-order valence-corrected chi connectivity index (χ3v) is 6.63. The van der Waals surface area contributed by atoms with Crippen LogP contribution < -0.4 is 11.1 Å². The van der Waals surface area contributed by atoms with Crippen molar-refractivity contribution in [3.05, 3.63) is 42.6 Å². The van der Waals surface area contributed by atoms with Gasteiger partial charge in [0.2, 0.25) is 0 Å². The highest BCUT2D eigenvalue weighted by molar-refractivity contribution is 7.72. The number of aromatic nitrogens is 5. The number of rotatable bonds is 5. The van der Waals surface area contributed by atoms with Crippen LogP contribution >= 0.6 is 0 Å². The Balaban J connectivity index is 1.59. The van der Waals surface area contributed by atoms with Gasteiger partial charge in [-0.05, 0) is 38.3 Å². The molecule has 4 aromatic rings. The summed E-state index contributed by atoms with van der Waals surface area (Å²) in [5, 5.41) is 3.23. The molecule has 0 bridgehead atoms. The quantitative estimate of drug-likeness (QED) is 0.382. The van der Waals surface area contributed by atoms with Gasteiger partial charge in [-0.1, -0.05) is 6.07 Å². The van der Waals surface area contributed by atoms with Crippen LogP contribution in [0.2, 0.25) is 0 Å². The number of nitrogens with one attached hydrogen (secondary N) is 1. The SMILES string of the molecule is Cc1nc2c(Nc3ccc(-c4cncn4C)cc3[SH](=O)=O)cc(N)nc2n1C1CCCCO1. The third kappa shape index (κ3) is 3.93. The van der Waals surface area contributed by atoms with Gasteiger partial charge in [-0.3, -0.25) is 4.57 Å². The Morgan fingerprint density at radius 3 is 2.73 bits per heavy atom. The molecule has 0 radical (unpaired) electrons. The molecule has 1 fully saturated rings. The second-order valence-electron chi connectivity index (χ2n) is 8.12. The number of nitrogen functional groups attached to an aromatic ring is 1. The Bertz CT molecular complexity index is 1410. The zero-order valence-electron chi connectivity index (χ0n) is 18.4. The summed E-state index contributed by atoms with van der Waals surface area (Å²) in [6.07, 6.45) is 6.21. The predicted octanol–water partition coefficient (Wildman–Crippen LogP) is 3.14. The first-order valence-corrected chi connectivity index (χ1v) is 11.9. The number of benzene rings is 1. The van der Waals surface area contributed by atoms with Crippen LogP contribution in [-0.4, -0.2) is 39.1 Å². The minimum Gasteiger partial charge on any atom is -0.384 e. The van der Waals surface area contributed by atoms with Crippen molar-refractivity contribution in [2.75, 3.05) is 17.7 Å². The van der Waals surface area contributed by atoms with E-state index in [2.05, 4.69) is 15.3 Å². The first-order valence-electron chi connectivity index (χ1n) is 10.7. The van der Waals surface area contributed by atoms with Crippen LogP contribution in [0.15, 0.2) is 41.7 Å². The Labute approximate surface area is 192 Å². The van der Waals surface area contributed by atoms with Crippen LogP contribution in [0.1, 0.15) is 31.3 Å². The third-order valence-electron chi connectivity index (χ3n) is 5.86. The van der Waals surface area contributed by atoms with E-state index < -0.39 is 10.7 Å². The fraction of sp³-hybridized carbons (Fsp3) is 0.318. The van der Waals surface area contributed by atoms with E-state index >= 15 is 0 Å². The van der Waals surface area contributed by atoms with Gasteiger partial charge in [-0.2, -0.15) is 0 Å². The Hall–Kier alpha value is -3.44. The van der Waals surface area contributed by atoms with E-state index in [1.807, 2.05) is 29.2 Å². The predicted molar refractivity (Wildman–Crippen MR) is 126 cm³/mol. The zero-order valence-corrected chi connectivity index (χ0v) is 19.2. The van der Waals surface area contributed by atoms with Gasteiger partial charge in [0.1, 0.15) is 23.4 Å². The number of hydrogen-bond acceptors (Lipinski definition) is 8. The van der Waals surface area contributed by atoms with Crippen molar-refractivity contribution >= 4 is 39.1 Å². The van der Waals surface area contributed by atoms with Crippen LogP contribution in [0.4, 0.5) is 17.2 Å². The van der Waals surface area contributed by atoms with Crippen molar-refractivity contribution in [3.63, 3.8) is 0 Å². The molecule has 1 aliphatic rings. The Morgan fingerprint density at radius 2 is 2.03 bits per heavy atom. The number of imidazole rings is 2. The molecule has 5 rings (SSSR count). The number of ether oxygens (including phenoxy) is 1. The maximum Gasteiger partial charge on any atom is 0.170 e. The van der Waals surface area contributed by atoms with Crippen LogP contribution in [-0.2, 0) is 22.5 Å². The molecule has 1 saturated heterocycles. The lowest BCUT2D eigenvalue weighted by atomic mass is 10.1. The van der Waals surface area contributed by atoms with E-state index in [0.29, 0.717) is 35.0 Å². The highest BCUT2D eigenvalue weighted by atomic mass is 32.2. The monoisotopic (exact) mass is 467 g/mol. The molecule has 0 saturated carbocycles. The smallest absolute Gasteiger partial charge is 0.170 e. The number of thiol groups is 1. The fourth-order valence-electron chi connectivity index (χ4n) is 4.29. The summed E-state index contributed by atoms with van der Waals surface area (Å²) >= 11 is 0. The summed E-state index contributed by atoms with van der Waals surface area (Å²) in [5.74, 6) is 1.07. The van der Waals surface area contributed by atoms with Gasteiger partial charge in [0.25, 0.3) is 0 Å². The first kappa shape index (κ1) is 21.4. The van der Waals surface area contributed by atoms with Gasteiger partial charge >= 0.3 is 0 Å². The van der Waals surface area contributed by atoms with Gasteiger partial charge in [-0.15, -0.1) is 0 Å². The number of nitrogens with zero attached hydrogens (tertiary/aromatic N) is 5. The molecule has 3 aromatic heterocycles. The van der Waals surface area contributed by atoms with Crippen LogP contribution in [0.25, 0.3) is 22.4 Å². The van der Waals surface area contributed by atoms with Crippen molar-refractivity contribution in [1.82, 2.24) is 24.1 Å². The number of pyridine rings is 1. The summed E-state index contributed by atoms with van der Waals surface area (Å²) in [6, 6.07) is 6.88. The minimum absolute atomic E-state index is 0.143. The van der Waals surface area contributed by atoms with E-state index in [4.69, 9.17) is 15.5 Å². The maximum atomic E-state index is 12.1. The van der Waals surface area contributed by atoms with Crippen molar-refractivity contribution in [2.24, 2.45) is 7.05 Å². The molecule has 0 amide bonds. The fourth-order valence-corrected chi connectivity index (χ4v) is 4.86. The highest BCUT2D eigenvalue weighted by Gasteiger charge is 2.23. The van der Waals surface area contributed by atoms with Crippen molar-refractivity contribution in [1.29, 1.82) is 0 Å². The molecule has 4 heterocycles. The van der Waals surface area contributed by atoms with E-state index in [1.54, 1.807) is 30.7 Å². The summed E-state index contributed by atoms with van der Waals surface area (Å²) < 4.78 is 34.0. The lowest BCUT2D eigenvalue weighted by Gasteiger charge is -2.25. The number of nitrogens with two attached hydrogens (primary N) is 1. The summed E-state index contributed by atoms with van der Waals surface area (Å²) in [6.45, 7) is 2.60. The highest BCUT2D eigenvalue weighted by Crippen LogP contribution is 2.34. The molecule has 0 spiro atoms. The molecule has 1 unspecified atom stereocenters. The molecule has 3 N–H and O–H groups in total. The lowest BCUT2D eigenvalue weighted by Crippen LogP contribution is -2.19. The number of hydrogen-bond donors (Lipinski definition) is 3. The largest absolute Gasteiger partial charge is 0.384 e. The molecule has 10 nitrogen and oxygen atoms in total. The van der Waals surface area contributed by atoms with Gasteiger partial charge in [0.05, 0.1) is 34.5 Å². The normalized spacial score (nSPS) is 16.5. The molecular formula is C22H25N7O3S. The zero-order chi connectivity index (χ0) is 23.1. The van der Waals surface area contributed by atoms with Gasteiger partial charge in [0, 0.05) is 25.3 Å². The average molecular weight is 468 g/mol. The van der Waals surface area contributed by atoms with E-state index in [0.717, 1.165) is 36.3 Å². The van der Waals surface area contributed by atoms with E-state index in [1.165, 1.54) is 0 Å².